The van der Waals surface area contributed by atoms with Crippen LogP contribution in [-0.2, 0) is 0 Å². The van der Waals surface area contributed by atoms with Crippen LogP contribution in [0.25, 0.3) is 11.3 Å². The fraction of sp³-hybridized carbons (Fsp3) is 0.471. The van der Waals surface area contributed by atoms with Crippen LogP contribution < -0.4 is 0 Å². The number of hydrogen-bond donors (Lipinski definition) is 0. The molecule has 110 valence electrons. The van der Waals surface area contributed by atoms with E-state index in [0.717, 1.165) is 35.9 Å². The summed E-state index contributed by atoms with van der Waals surface area (Å²) in [5.41, 5.74) is 3.41. The third-order valence-corrected chi connectivity index (χ3v) is 4.23. The van der Waals surface area contributed by atoms with Crippen LogP contribution in [0.15, 0.2) is 24.7 Å². The minimum absolute atomic E-state index is 0.428. The van der Waals surface area contributed by atoms with Gasteiger partial charge in [0, 0.05) is 24.2 Å². The summed E-state index contributed by atoms with van der Waals surface area (Å²) < 4.78 is 2.01. The van der Waals surface area contributed by atoms with Gasteiger partial charge in [-0.2, -0.15) is 5.10 Å². The van der Waals surface area contributed by atoms with Gasteiger partial charge in [-0.1, -0.05) is 25.7 Å². The van der Waals surface area contributed by atoms with E-state index in [1.54, 1.807) is 6.20 Å². The number of carbonyl (C=O) groups is 1. The molecule has 4 heteroatoms. The van der Waals surface area contributed by atoms with E-state index < -0.39 is 0 Å². The summed E-state index contributed by atoms with van der Waals surface area (Å²) in [4.78, 5) is 15.6. The van der Waals surface area contributed by atoms with Crippen LogP contribution in [0, 0.1) is 6.92 Å². The third-order valence-electron chi connectivity index (χ3n) is 4.23. The maximum absolute atomic E-state index is 11.4. The molecule has 21 heavy (non-hydrogen) atoms. The van der Waals surface area contributed by atoms with Crippen LogP contribution in [0.4, 0.5) is 0 Å². The Kier molecular flexibility index (Phi) is 4.13. The standard InChI is InChI=1S/C17H21N3O/c1-13-8-14(10-18-9-13)17-15(12-21)11-20(19-17)16-6-4-2-3-5-7-16/h8-12,16H,2-7H2,1H3. The van der Waals surface area contributed by atoms with Crippen molar-refractivity contribution in [1.29, 1.82) is 0 Å². The van der Waals surface area contributed by atoms with E-state index in [9.17, 15) is 4.79 Å². The van der Waals surface area contributed by atoms with Crippen molar-refractivity contribution in [3.05, 3.63) is 35.8 Å². The molecule has 0 unspecified atom stereocenters. The van der Waals surface area contributed by atoms with Crippen LogP contribution in [0.2, 0.25) is 0 Å². The molecule has 0 radical (unpaired) electrons. The Labute approximate surface area is 125 Å². The Hall–Kier alpha value is -1.97. The second-order valence-electron chi connectivity index (χ2n) is 5.93. The van der Waals surface area contributed by atoms with Gasteiger partial charge in [-0.25, -0.2) is 0 Å². The van der Waals surface area contributed by atoms with Gasteiger partial charge in [0.1, 0.15) is 5.69 Å². The number of pyridine rings is 1. The fourth-order valence-electron chi connectivity index (χ4n) is 3.11. The zero-order valence-corrected chi connectivity index (χ0v) is 12.5. The monoisotopic (exact) mass is 283 g/mol. The minimum atomic E-state index is 0.428. The largest absolute Gasteiger partial charge is 0.298 e. The predicted octanol–water partition coefficient (Wildman–Crippen LogP) is 3.96. The van der Waals surface area contributed by atoms with Crippen molar-refractivity contribution in [3.8, 4) is 11.3 Å². The molecule has 1 aliphatic rings. The minimum Gasteiger partial charge on any atom is -0.298 e. The summed E-state index contributed by atoms with van der Waals surface area (Å²) in [6, 6.07) is 2.46. The Morgan fingerprint density at radius 1 is 1.19 bits per heavy atom. The van der Waals surface area contributed by atoms with Gasteiger partial charge in [-0.15, -0.1) is 0 Å². The molecular weight excluding hydrogens is 262 g/mol. The van der Waals surface area contributed by atoms with E-state index in [0.29, 0.717) is 11.6 Å². The van der Waals surface area contributed by atoms with Crippen molar-refractivity contribution >= 4 is 6.29 Å². The highest BCUT2D eigenvalue weighted by molar-refractivity contribution is 5.85. The molecule has 1 aliphatic carbocycles. The van der Waals surface area contributed by atoms with Crippen LogP contribution >= 0.6 is 0 Å². The molecule has 4 nitrogen and oxygen atoms in total. The second kappa shape index (κ2) is 6.20. The summed E-state index contributed by atoms with van der Waals surface area (Å²) in [7, 11) is 0. The molecular formula is C17H21N3O. The average Bonchev–Trinajstić information content (AvgIpc) is 2.74. The first-order chi connectivity index (χ1) is 10.3. The lowest BCUT2D eigenvalue weighted by Crippen LogP contribution is -2.08. The molecule has 0 atom stereocenters. The number of rotatable bonds is 3. The highest BCUT2D eigenvalue weighted by Crippen LogP contribution is 2.29. The zero-order chi connectivity index (χ0) is 14.7. The molecule has 1 fully saturated rings. The first-order valence-electron chi connectivity index (χ1n) is 7.74. The van der Waals surface area contributed by atoms with Gasteiger partial charge in [0.05, 0.1) is 11.6 Å². The van der Waals surface area contributed by atoms with Crippen molar-refractivity contribution in [3.63, 3.8) is 0 Å². The van der Waals surface area contributed by atoms with E-state index in [1.807, 2.05) is 30.1 Å². The lowest BCUT2D eigenvalue weighted by molar-refractivity contribution is 0.112. The predicted molar refractivity (Wildman–Crippen MR) is 82.3 cm³/mol. The van der Waals surface area contributed by atoms with Crippen molar-refractivity contribution in [2.75, 3.05) is 0 Å². The highest BCUT2D eigenvalue weighted by Gasteiger charge is 2.18. The van der Waals surface area contributed by atoms with Crippen molar-refractivity contribution in [2.45, 2.75) is 51.5 Å². The van der Waals surface area contributed by atoms with E-state index in [-0.39, 0.29) is 0 Å². The summed E-state index contributed by atoms with van der Waals surface area (Å²) in [6.07, 6.45) is 13.8. The molecule has 0 aliphatic heterocycles. The lowest BCUT2D eigenvalue weighted by Gasteiger charge is -2.14. The van der Waals surface area contributed by atoms with E-state index in [2.05, 4.69) is 4.98 Å². The summed E-state index contributed by atoms with van der Waals surface area (Å²) in [5.74, 6) is 0. The van der Waals surface area contributed by atoms with E-state index in [4.69, 9.17) is 5.10 Å². The van der Waals surface area contributed by atoms with Crippen LogP contribution in [0.3, 0.4) is 0 Å². The number of nitrogens with zero attached hydrogens (tertiary/aromatic N) is 3. The average molecular weight is 283 g/mol. The first-order valence-corrected chi connectivity index (χ1v) is 7.74. The molecule has 1 saturated carbocycles. The SMILES string of the molecule is Cc1cncc(-c2nn(C3CCCCCC3)cc2C=O)c1. The number of hydrogen-bond acceptors (Lipinski definition) is 3. The van der Waals surface area contributed by atoms with E-state index >= 15 is 0 Å². The van der Waals surface area contributed by atoms with Crippen molar-refractivity contribution < 1.29 is 4.79 Å². The second-order valence-corrected chi connectivity index (χ2v) is 5.93. The number of aldehydes is 1. The maximum atomic E-state index is 11.4. The molecule has 0 saturated heterocycles. The van der Waals surface area contributed by atoms with Crippen molar-refractivity contribution in [2.24, 2.45) is 0 Å². The quantitative estimate of drug-likeness (QED) is 0.632. The smallest absolute Gasteiger partial charge is 0.153 e. The Morgan fingerprint density at radius 2 is 1.95 bits per heavy atom. The number of carbonyl (C=O) groups excluding carboxylic acids is 1. The molecule has 3 rings (SSSR count). The number of aryl methyl sites for hydroxylation is 1. The van der Waals surface area contributed by atoms with Crippen molar-refractivity contribution in [1.82, 2.24) is 14.8 Å². The third kappa shape index (κ3) is 3.04. The molecule has 2 heterocycles. The molecule has 2 aromatic heterocycles. The topological polar surface area (TPSA) is 47.8 Å². The Morgan fingerprint density at radius 3 is 2.62 bits per heavy atom. The summed E-state index contributed by atoms with van der Waals surface area (Å²) in [6.45, 7) is 2.00. The summed E-state index contributed by atoms with van der Waals surface area (Å²) in [5, 5.41) is 4.70. The normalized spacial score (nSPS) is 16.6. The summed E-state index contributed by atoms with van der Waals surface area (Å²) >= 11 is 0. The molecule has 0 amide bonds. The van der Waals surface area contributed by atoms with Gasteiger partial charge in [-0.3, -0.25) is 14.5 Å². The molecule has 0 aromatic carbocycles. The molecule has 2 aromatic rings. The zero-order valence-electron chi connectivity index (χ0n) is 12.5. The van der Waals surface area contributed by atoms with Gasteiger partial charge in [0.25, 0.3) is 0 Å². The van der Waals surface area contributed by atoms with Gasteiger partial charge >= 0.3 is 0 Å². The first kappa shape index (κ1) is 14.0. The van der Waals surface area contributed by atoms with Crippen LogP contribution in [0.5, 0.6) is 0 Å². The number of aromatic nitrogens is 3. The van der Waals surface area contributed by atoms with Crippen LogP contribution in [0.1, 0.15) is 60.5 Å². The van der Waals surface area contributed by atoms with Gasteiger partial charge < -0.3 is 0 Å². The molecule has 0 spiro atoms. The Bertz CT molecular complexity index is 625. The van der Waals surface area contributed by atoms with Gasteiger partial charge in [0.2, 0.25) is 0 Å². The lowest BCUT2D eigenvalue weighted by atomic mass is 10.1. The van der Waals surface area contributed by atoms with Gasteiger partial charge in [0.15, 0.2) is 6.29 Å². The fourth-order valence-corrected chi connectivity index (χ4v) is 3.11. The van der Waals surface area contributed by atoms with Gasteiger partial charge in [-0.05, 0) is 31.4 Å². The van der Waals surface area contributed by atoms with E-state index in [1.165, 1.54) is 25.7 Å². The maximum Gasteiger partial charge on any atom is 0.153 e. The Balaban J connectivity index is 1.96. The van der Waals surface area contributed by atoms with Crippen LogP contribution in [-0.4, -0.2) is 21.1 Å². The molecule has 0 bridgehead atoms. The highest BCUT2D eigenvalue weighted by atomic mass is 16.1. The molecule has 0 N–H and O–H groups in total.